The van der Waals surface area contributed by atoms with E-state index in [0.29, 0.717) is 0 Å². The van der Waals surface area contributed by atoms with Gasteiger partial charge in [0.1, 0.15) is 0 Å². The van der Waals surface area contributed by atoms with E-state index in [0.717, 1.165) is 20.8 Å². The molecule has 15 heavy (non-hydrogen) atoms. The molecular weight excluding hydrogens is 244 g/mol. The van der Waals surface area contributed by atoms with Gasteiger partial charge < -0.3 is 4.98 Å². The van der Waals surface area contributed by atoms with Crippen LogP contribution in [0.15, 0.2) is 29.7 Å². The molecule has 0 saturated carbocycles. The van der Waals surface area contributed by atoms with Crippen molar-refractivity contribution >= 4 is 45.7 Å². The monoisotopic (exact) mass is 254 g/mol. The zero-order valence-electron chi connectivity index (χ0n) is 7.95. The predicted molar refractivity (Wildman–Crippen MR) is 71.0 cm³/mol. The van der Waals surface area contributed by atoms with Crippen molar-refractivity contribution in [3.63, 3.8) is 0 Å². The predicted octanol–water partition coefficient (Wildman–Crippen LogP) is 3.65. The Hall–Kier alpha value is -0.620. The highest BCUT2D eigenvalue weighted by Gasteiger charge is 2.08. The van der Waals surface area contributed by atoms with Crippen LogP contribution in [0.2, 0.25) is 0 Å². The molecule has 2 rings (SSSR count). The van der Waals surface area contributed by atoms with Gasteiger partial charge in [0.25, 0.3) is 0 Å². The Balaban J connectivity index is 2.76. The average Bonchev–Trinajstić information content (AvgIpc) is 2.60. The summed E-state index contributed by atoms with van der Waals surface area (Å²) < 4.78 is 1.98. The molecule has 0 aliphatic rings. The Kier molecular flexibility index (Phi) is 3.25. The molecule has 0 saturated heterocycles. The molecule has 0 aliphatic heterocycles. The Labute approximate surface area is 101 Å². The summed E-state index contributed by atoms with van der Waals surface area (Å²) >= 11 is 7.98. The van der Waals surface area contributed by atoms with E-state index in [2.05, 4.69) is 11.6 Å². The van der Waals surface area contributed by atoms with Gasteiger partial charge >= 0.3 is 0 Å². The average molecular weight is 254 g/mol. The van der Waals surface area contributed by atoms with Crippen LogP contribution in [0.5, 0.6) is 0 Å². The summed E-state index contributed by atoms with van der Waals surface area (Å²) in [5.41, 5.74) is 2.28. The van der Waals surface area contributed by atoms with Crippen LogP contribution in [0, 0.1) is 3.95 Å². The second kappa shape index (κ2) is 4.49. The van der Waals surface area contributed by atoms with Gasteiger partial charge in [0, 0.05) is 4.90 Å². The van der Waals surface area contributed by atoms with Gasteiger partial charge in [-0.25, -0.2) is 0 Å². The molecule has 0 unspecified atom stereocenters. The van der Waals surface area contributed by atoms with Crippen molar-refractivity contribution in [3.8, 4) is 0 Å². The molecule has 1 heterocycles. The van der Waals surface area contributed by atoms with E-state index in [1.165, 1.54) is 22.2 Å². The van der Waals surface area contributed by atoms with E-state index in [4.69, 9.17) is 17.4 Å². The molecular formula is C10H10N2S3. The summed E-state index contributed by atoms with van der Waals surface area (Å²) in [6.07, 6.45) is 2.68. The molecule has 0 amide bonds. The van der Waals surface area contributed by atoms with E-state index >= 15 is 0 Å². The van der Waals surface area contributed by atoms with Crippen molar-refractivity contribution < 1.29 is 0 Å². The first-order chi connectivity index (χ1) is 7.26. The Morgan fingerprint density at radius 2 is 2.40 bits per heavy atom. The minimum atomic E-state index is 0.800. The second-order valence-corrected chi connectivity index (χ2v) is 5.43. The Bertz CT molecular complexity index is 553. The smallest absolute Gasteiger partial charge is 0.159 e. The van der Waals surface area contributed by atoms with E-state index in [-0.39, 0.29) is 0 Å². The van der Waals surface area contributed by atoms with E-state index in [1.807, 2.05) is 18.2 Å². The number of fused-ring (bicyclic) bond motifs is 1. The number of rotatable bonds is 3. The zero-order valence-corrected chi connectivity index (χ0v) is 10.4. The number of hydrogen-bond donors (Lipinski definition) is 2. The molecule has 1 aromatic heterocycles. The van der Waals surface area contributed by atoms with Gasteiger partial charge in [-0.2, -0.15) is 0 Å². The fourth-order valence-electron chi connectivity index (χ4n) is 1.51. The lowest BCUT2D eigenvalue weighted by Gasteiger charge is -2.05. The first-order valence-electron chi connectivity index (χ1n) is 4.38. The fourth-order valence-corrected chi connectivity index (χ4v) is 3.13. The number of aromatic nitrogens is 1. The topological polar surface area (TPSA) is 41.8 Å². The maximum atomic E-state index is 5.62. The molecule has 2 nitrogen and oxygen atoms in total. The highest BCUT2D eigenvalue weighted by Crippen LogP contribution is 2.29. The molecule has 0 atom stereocenters. The van der Waals surface area contributed by atoms with Crippen LogP contribution in [0.25, 0.3) is 10.2 Å². The van der Waals surface area contributed by atoms with Gasteiger partial charge in [0.05, 0.1) is 10.2 Å². The van der Waals surface area contributed by atoms with Crippen LogP contribution in [-0.4, -0.2) is 4.98 Å². The Morgan fingerprint density at radius 1 is 1.60 bits per heavy atom. The van der Waals surface area contributed by atoms with E-state index in [9.17, 15) is 0 Å². The molecule has 0 fully saturated rings. The Morgan fingerprint density at radius 3 is 3.07 bits per heavy atom. The first kappa shape index (κ1) is 10.9. The molecule has 0 radical (unpaired) electrons. The van der Waals surface area contributed by atoms with Gasteiger partial charge in [-0.3, -0.25) is 5.14 Å². The third-order valence-corrected chi connectivity index (χ3v) is 3.97. The summed E-state index contributed by atoms with van der Waals surface area (Å²) in [6, 6.07) is 4.08. The van der Waals surface area contributed by atoms with Crippen molar-refractivity contribution in [2.45, 2.75) is 11.3 Å². The van der Waals surface area contributed by atoms with Gasteiger partial charge in [-0.1, -0.05) is 6.08 Å². The summed E-state index contributed by atoms with van der Waals surface area (Å²) in [7, 11) is 0. The van der Waals surface area contributed by atoms with Crippen molar-refractivity contribution in [1.29, 1.82) is 0 Å². The minimum absolute atomic E-state index is 0.800. The lowest BCUT2D eigenvalue weighted by atomic mass is 10.1. The second-order valence-electron chi connectivity index (χ2n) is 3.04. The number of aromatic amines is 1. The number of nitrogens with one attached hydrogen (secondary N) is 1. The van der Waals surface area contributed by atoms with E-state index < -0.39 is 0 Å². The molecule has 2 aromatic rings. The van der Waals surface area contributed by atoms with Gasteiger partial charge in [0.15, 0.2) is 3.95 Å². The molecule has 1 aromatic carbocycles. The number of thiazole rings is 1. The number of benzene rings is 1. The lowest BCUT2D eigenvalue weighted by molar-refractivity contribution is 1.19. The number of allylic oxidation sites excluding steroid dienone is 1. The van der Waals surface area contributed by atoms with Crippen LogP contribution in [0.4, 0.5) is 0 Å². The highest BCUT2D eigenvalue weighted by atomic mass is 32.2. The van der Waals surface area contributed by atoms with Gasteiger partial charge in [-0.15, -0.1) is 17.9 Å². The SMILES string of the molecule is C=CCc1c(SN)ccc2sc(=S)[nH]c12. The molecule has 0 aliphatic carbocycles. The van der Waals surface area contributed by atoms with Crippen molar-refractivity contribution in [2.75, 3.05) is 0 Å². The maximum Gasteiger partial charge on any atom is 0.159 e. The van der Waals surface area contributed by atoms with Crippen LogP contribution < -0.4 is 5.14 Å². The van der Waals surface area contributed by atoms with Crippen LogP contribution >= 0.6 is 35.5 Å². The summed E-state index contributed by atoms with van der Waals surface area (Å²) in [5, 5.41) is 5.62. The van der Waals surface area contributed by atoms with E-state index in [1.54, 1.807) is 11.3 Å². The van der Waals surface area contributed by atoms with Crippen LogP contribution in [0.3, 0.4) is 0 Å². The molecule has 3 N–H and O–H groups in total. The fraction of sp³-hybridized carbons (Fsp3) is 0.100. The van der Waals surface area contributed by atoms with Crippen LogP contribution in [-0.2, 0) is 6.42 Å². The molecule has 0 bridgehead atoms. The summed E-state index contributed by atoms with van der Waals surface area (Å²) in [5.74, 6) is 0. The normalized spacial score (nSPS) is 10.7. The third-order valence-electron chi connectivity index (χ3n) is 2.14. The zero-order chi connectivity index (χ0) is 10.8. The first-order valence-corrected chi connectivity index (χ1v) is 6.49. The molecule has 0 spiro atoms. The summed E-state index contributed by atoms with van der Waals surface area (Å²) in [4.78, 5) is 4.28. The number of hydrogen-bond acceptors (Lipinski definition) is 4. The third kappa shape index (κ3) is 2.01. The van der Waals surface area contributed by atoms with Crippen molar-refractivity contribution in [3.05, 3.63) is 34.3 Å². The quantitative estimate of drug-likeness (QED) is 0.499. The van der Waals surface area contributed by atoms with Gasteiger partial charge in [0.2, 0.25) is 0 Å². The number of H-pyrrole nitrogens is 1. The minimum Gasteiger partial charge on any atom is -0.337 e. The summed E-state index contributed by atoms with van der Waals surface area (Å²) in [6.45, 7) is 3.76. The molecule has 78 valence electrons. The number of nitrogens with two attached hydrogens (primary N) is 1. The standard InChI is InChI=1S/C10H10N2S3/c1-2-3-6-7(15-11)4-5-8-9(6)12-10(13)14-8/h2,4-5H,1,3,11H2,(H,12,13). The van der Waals surface area contributed by atoms with Crippen molar-refractivity contribution in [2.24, 2.45) is 5.14 Å². The highest BCUT2D eigenvalue weighted by molar-refractivity contribution is 7.97. The van der Waals surface area contributed by atoms with Crippen molar-refractivity contribution in [1.82, 2.24) is 4.98 Å². The lowest BCUT2D eigenvalue weighted by Crippen LogP contribution is -1.90. The van der Waals surface area contributed by atoms with Gasteiger partial charge in [-0.05, 0) is 48.3 Å². The van der Waals surface area contributed by atoms with Crippen LogP contribution in [0.1, 0.15) is 5.56 Å². The molecule has 5 heteroatoms. The maximum absolute atomic E-state index is 5.62. The largest absolute Gasteiger partial charge is 0.337 e.